The van der Waals surface area contributed by atoms with Crippen LogP contribution in [0.1, 0.15) is 34.7 Å². The highest BCUT2D eigenvalue weighted by Crippen LogP contribution is 2.25. The Bertz CT molecular complexity index is 1270. The second-order valence-corrected chi connectivity index (χ2v) is 8.40. The van der Waals surface area contributed by atoms with Gasteiger partial charge in [0.25, 0.3) is 0 Å². The molecule has 0 aliphatic rings. The topological polar surface area (TPSA) is 9.23 Å². The number of aryl methyl sites for hydroxylation is 5. The van der Waals surface area contributed by atoms with Crippen molar-refractivity contribution in [2.75, 3.05) is 0 Å². The van der Waals surface area contributed by atoms with Gasteiger partial charge < -0.3 is 4.74 Å². The van der Waals surface area contributed by atoms with Gasteiger partial charge in [-0.2, -0.15) is 8.78 Å². The van der Waals surface area contributed by atoms with Gasteiger partial charge in [0, 0.05) is 5.39 Å². The maximum atomic E-state index is 15.1. The summed E-state index contributed by atoms with van der Waals surface area (Å²) in [6, 6.07) is 21.1. The highest BCUT2D eigenvalue weighted by molar-refractivity contribution is 5.84. The van der Waals surface area contributed by atoms with E-state index in [1.807, 2.05) is 37.3 Å². The van der Waals surface area contributed by atoms with Crippen molar-refractivity contribution in [1.29, 1.82) is 0 Å². The van der Waals surface area contributed by atoms with Crippen molar-refractivity contribution in [3.8, 4) is 5.75 Å². The Hall–Kier alpha value is -3.34. The fourth-order valence-electron chi connectivity index (χ4n) is 4.14. The second kappa shape index (κ2) is 10.7. The van der Waals surface area contributed by atoms with Crippen LogP contribution in [-0.4, -0.2) is 6.61 Å². The van der Waals surface area contributed by atoms with Crippen LogP contribution in [0.4, 0.5) is 17.6 Å². The summed E-state index contributed by atoms with van der Waals surface area (Å²) in [6.07, 6.45) is 3.14. The summed E-state index contributed by atoms with van der Waals surface area (Å²) in [5.74, 6) is -0.318. The van der Waals surface area contributed by atoms with Crippen LogP contribution < -0.4 is 4.74 Å². The van der Waals surface area contributed by atoms with Crippen molar-refractivity contribution < 1.29 is 22.3 Å². The molecule has 0 aliphatic heterocycles. The quantitative estimate of drug-likeness (QED) is 0.228. The van der Waals surface area contributed by atoms with E-state index in [0.29, 0.717) is 42.2 Å². The number of alkyl halides is 2. The fraction of sp³-hybridized carbons (Fsp3) is 0.241. The normalized spacial score (nSPS) is 11.4. The van der Waals surface area contributed by atoms with Crippen LogP contribution in [0, 0.1) is 11.6 Å². The third-order valence-corrected chi connectivity index (χ3v) is 6.14. The standard InChI is InChI=1S/C29H26F4O/c1-2-19-3-9-22(27(30)18-19)10-5-21-8-16-26-24(17-21)13-12-23(28(26)31)11-4-20-6-14-25(15-7-20)34-29(32)33/h3,6-9,12-18,29H,2,4-5,10-11H2,1H3. The highest BCUT2D eigenvalue weighted by atomic mass is 19.3. The van der Waals surface area contributed by atoms with E-state index in [1.165, 1.54) is 12.1 Å². The SMILES string of the molecule is CCc1ccc(CCc2ccc3c(F)c(CCc4ccc(OC(F)F)cc4)ccc3c2)c(F)c1. The van der Waals surface area contributed by atoms with Gasteiger partial charge in [0.1, 0.15) is 17.4 Å². The lowest BCUT2D eigenvalue weighted by molar-refractivity contribution is -0.0498. The lowest BCUT2D eigenvalue weighted by Gasteiger charge is -2.10. The molecule has 0 aromatic heterocycles. The molecule has 0 saturated carbocycles. The maximum Gasteiger partial charge on any atom is 0.387 e. The first-order chi connectivity index (χ1) is 16.4. The van der Waals surface area contributed by atoms with E-state index < -0.39 is 6.61 Å². The van der Waals surface area contributed by atoms with Gasteiger partial charge in [-0.05, 0) is 83.5 Å². The van der Waals surface area contributed by atoms with E-state index in [2.05, 4.69) is 4.74 Å². The molecule has 4 aromatic rings. The summed E-state index contributed by atoms with van der Waals surface area (Å²) in [5.41, 5.74) is 4.22. The number of fused-ring (bicyclic) bond motifs is 1. The lowest BCUT2D eigenvalue weighted by Crippen LogP contribution is -2.02. The zero-order valence-electron chi connectivity index (χ0n) is 19.0. The van der Waals surface area contributed by atoms with E-state index >= 15 is 4.39 Å². The zero-order chi connectivity index (χ0) is 24.1. The Morgan fingerprint density at radius 3 is 2.03 bits per heavy atom. The van der Waals surface area contributed by atoms with Crippen molar-refractivity contribution in [3.63, 3.8) is 0 Å². The van der Waals surface area contributed by atoms with E-state index in [0.717, 1.165) is 28.5 Å². The molecule has 0 amide bonds. The van der Waals surface area contributed by atoms with E-state index in [9.17, 15) is 13.2 Å². The average molecular weight is 467 g/mol. The van der Waals surface area contributed by atoms with Gasteiger partial charge in [0.15, 0.2) is 0 Å². The van der Waals surface area contributed by atoms with Crippen LogP contribution >= 0.6 is 0 Å². The summed E-state index contributed by atoms with van der Waals surface area (Å²) in [5, 5.41) is 1.37. The Morgan fingerprint density at radius 2 is 1.32 bits per heavy atom. The Balaban J connectivity index is 1.42. The largest absolute Gasteiger partial charge is 0.435 e. The summed E-state index contributed by atoms with van der Waals surface area (Å²) in [6.45, 7) is -0.855. The first-order valence-electron chi connectivity index (χ1n) is 11.4. The minimum absolute atomic E-state index is 0.104. The minimum atomic E-state index is -2.86. The molecule has 0 aliphatic carbocycles. The van der Waals surface area contributed by atoms with Gasteiger partial charge in [-0.15, -0.1) is 0 Å². The fourth-order valence-corrected chi connectivity index (χ4v) is 4.14. The smallest absolute Gasteiger partial charge is 0.387 e. The molecule has 5 heteroatoms. The molecule has 0 N–H and O–H groups in total. The van der Waals surface area contributed by atoms with Gasteiger partial charge in [0.2, 0.25) is 0 Å². The first-order valence-corrected chi connectivity index (χ1v) is 11.4. The molecule has 0 unspecified atom stereocenters. The van der Waals surface area contributed by atoms with Crippen molar-refractivity contribution in [2.24, 2.45) is 0 Å². The van der Waals surface area contributed by atoms with Crippen LogP contribution in [0.15, 0.2) is 72.8 Å². The third kappa shape index (κ3) is 5.77. The van der Waals surface area contributed by atoms with Crippen molar-refractivity contribution in [1.82, 2.24) is 0 Å². The summed E-state index contributed by atoms with van der Waals surface area (Å²) < 4.78 is 58.3. The number of benzene rings is 4. The Labute approximate surface area is 197 Å². The molecule has 0 heterocycles. The molecular weight excluding hydrogens is 440 g/mol. The van der Waals surface area contributed by atoms with Crippen molar-refractivity contribution >= 4 is 10.8 Å². The van der Waals surface area contributed by atoms with Crippen molar-refractivity contribution in [3.05, 3.63) is 112 Å². The maximum absolute atomic E-state index is 15.1. The predicted octanol–water partition coefficient (Wildman–Crippen LogP) is 7.85. The molecule has 0 saturated heterocycles. The van der Waals surface area contributed by atoms with E-state index in [-0.39, 0.29) is 17.4 Å². The Kier molecular flexibility index (Phi) is 7.51. The number of hydrogen-bond donors (Lipinski definition) is 0. The van der Waals surface area contributed by atoms with Crippen LogP contribution in [0.2, 0.25) is 0 Å². The minimum Gasteiger partial charge on any atom is -0.435 e. The van der Waals surface area contributed by atoms with Crippen LogP contribution in [0.3, 0.4) is 0 Å². The van der Waals surface area contributed by atoms with Crippen LogP contribution in [-0.2, 0) is 32.1 Å². The zero-order valence-corrected chi connectivity index (χ0v) is 19.0. The molecule has 0 fully saturated rings. The molecule has 1 nitrogen and oxygen atoms in total. The van der Waals surface area contributed by atoms with Gasteiger partial charge in [-0.1, -0.05) is 61.5 Å². The molecule has 0 atom stereocenters. The molecular formula is C29H26F4O. The average Bonchev–Trinajstić information content (AvgIpc) is 2.83. The van der Waals surface area contributed by atoms with Gasteiger partial charge in [-0.25, -0.2) is 8.78 Å². The van der Waals surface area contributed by atoms with E-state index in [4.69, 9.17) is 0 Å². The van der Waals surface area contributed by atoms with Crippen molar-refractivity contribution in [2.45, 2.75) is 45.6 Å². The number of halogens is 4. The molecule has 0 spiro atoms. The third-order valence-electron chi connectivity index (χ3n) is 6.14. The Morgan fingerprint density at radius 1 is 0.676 bits per heavy atom. The monoisotopic (exact) mass is 466 g/mol. The molecule has 176 valence electrons. The van der Waals surface area contributed by atoms with Crippen LogP contribution in [0.25, 0.3) is 10.8 Å². The summed E-state index contributed by atoms with van der Waals surface area (Å²) in [7, 11) is 0. The van der Waals surface area contributed by atoms with Crippen LogP contribution in [0.5, 0.6) is 5.75 Å². The lowest BCUT2D eigenvalue weighted by atomic mass is 9.97. The summed E-state index contributed by atoms with van der Waals surface area (Å²) in [4.78, 5) is 0. The summed E-state index contributed by atoms with van der Waals surface area (Å²) >= 11 is 0. The van der Waals surface area contributed by atoms with Gasteiger partial charge in [-0.3, -0.25) is 0 Å². The molecule has 4 aromatic carbocycles. The predicted molar refractivity (Wildman–Crippen MR) is 128 cm³/mol. The molecule has 34 heavy (non-hydrogen) atoms. The second-order valence-electron chi connectivity index (χ2n) is 8.40. The van der Waals surface area contributed by atoms with E-state index in [1.54, 1.807) is 30.3 Å². The first kappa shape index (κ1) is 23.8. The molecule has 4 rings (SSSR count). The highest BCUT2D eigenvalue weighted by Gasteiger charge is 2.10. The molecule has 0 bridgehead atoms. The number of rotatable bonds is 9. The molecule has 0 radical (unpaired) electrons. The van der Waals surface area contributed by atoms with Gasteiger partial charge >= 0.3 is 6.61 Å². The number of ether oxygens (including phenoxy) is 1. The van der Waals surface area contributed by atoms with Gasteiger partial charge in [0.05, 0.1) is 0 Å². The number of hydrogen-bond acceptors (Lipinski definition) is 1.